The zero-order valence-electron chi connectivity index (χ0n) is 16.9. The maximum Gasteiger partial charge on any atom is 0.573 e. The molecule has 1 N–H and O–H groups in total. The molecule has 7 nitrogen and oxygen atoms in total. The van der Waals surface area contributed by atoms with Crippen molar-refractivity contribution >= 4 is 17.8 Å². The van der Waals surface area contributed by atoms with Crippen LogP contribution in [0.2, 0.25) is 5.02 Å². The number of hydrogen-bond acceptors (Lipinski definition) is 6. The third-order valence-electron chi connectivity index (χ3n) is 4.56. The Bertz CT molecular complexity index is 967. The Morgan fingerprint density at radius 1 is 1.16 bits per heavy atom. The zero-order chi connectivity index (χ0) is 23.4. The van der Waals surface area contributed by atoms with Crippen LogP contribution in [0.1, 0.15) is 25.3 Å². The van der Waals surface area contributed by atoms with Crippen LogP contribution in [0, 0.1) is 0 Å². The maximum absolute atomic E-state index is 12.2. The summed E-state index contributed by atoms with van der Waals surface area (Å²) in [4.78, 5) is 10.9. The highest BCUT2D eigenvalue weighted by Gasteiger charge is 2.42. The number of ether oxygens (including phenoxy) is 5. The van der Waals surface area contributed by atoms with Gasteiger partial charge in [-0.3, -0.25) is 0 Å². The first-order chi connectivity index (χ1) is 15.1. The highest BCUT2D eigenvalue weighted by atomic mass is 35.5. The molecule has 0 saturated heterocycles. The molecule has 1 unspecified atom stereocenters. The second-order valence-corrected chi connectivity index (χ2v) is 7.28. The van der Waals surface area contributed by atoms with Gasteiger partial charge < -0.3 is 28.8 Å². The van der Waals surface area contributed by atoms with Gasteiger partial charge in [0.25, 0.3) is 5.79 Å². The lowest BCUT2D eigenvalue weighted by atomic mass is 10.1. The molecule has 32 heavy (non-hydrogen) atoms. The summed E-state index contributed by atoms with van der Waals surface area (Å²) in [7, 11) is 0. The number of carboxylic acid groups (broad SMARTS) is 1. The van der Waals surface area contributed by atoms with Crippen LogP contribution in [0.15, 0.2) is 36.4 Å². The van der Waals surface area contributed by atoms with E-state index in [-0.39, 0.29) is 24.0 Å². The molecule has 1 heterocycles. The Morgan fingerprint density at radius 2 is 1.88 bits per heavy atom. The van der Waals surface area contributed by atoms with E-state index in [1.807, 2.05) is 0 Å². The number of hydrogen-bond donors (Lipinski definition) is 1. The van der Waals surface area contributed by atoms with Gasteiger partial charge >= 0.3 is 12.5 Å². The molecule has 3 rings (SSSR count). The van der Waals surface area contributed by atoms with E-state index in [4.69, 9.17) is 35.7 Å². The van der Waals surface area contributed by atoms with Crippen molar-refractivity contribution in [3.8, 4) is 23.0 Å². The molecule has 0 aromatic heterocycles. The van der Waals surface area contributed by atoms with Crippen LogP contribution >= 0.6 is 11.6 Å². The molecule has 2 aromatic carbocycles. The second kappa shape index (κ2) is 9.64. The van der Waals surface area contributed by atoms with Crippen molar-refractivity contribution in [3.05, 3.63) is 47.0 Å². The van der Waals surface area contributed by atoms with Crippen LogP contribution in [0.25, 0.3) is 0 Å². The highest BCUT2D eigenvalue weighted by molar-refractivity contribution is 6.32. The SMILES string of the molecule is CCC1(OC(=O)O)Cc2ccc(OCCCOc3ccc(OC(F)(F)F)cc3Cl)cc2O1. The van der Waals surface area contributed by atoms with Crippen LogP contribution in [-0.4, -0.2) is 36.6 Å². The summed E-state index contributed by atoms with van der Waals surface area (Å²) in [5.74, 6) is -0.424. The van der Waals surface area contributed by atoms with Gasteiger partial charge in [0.1, 0.15) is 23.0 Å². The second-order valence-electron chi connectivity index (χ2n) is 6.87. The predicted octanol–water partition coefficient (Wildman–Crippen LogP) is 5.82. The summed E-state index contributed by atoms with van der Waals surface area (Å²) >= 11 is 5.92. The molecule has 1 atom stereocenters. The average Bonchev–Trinajstić information content (AvgIpc) is 3.05. The fourth-order valence-corrected chi connectivity index (χ4v) is 3.33. The fourth-order valence-electron chi connectivity index (χ4n) is 3.10. The van der Waals surface area contributed by atoms with Gasteiger partial charge in [0, 0.05) is 30.5 Å². The molecule has 0 aliphatic carbocycles. The van der Waals surface area contributed by atoms with E-state index in [0.717, 1.165) is 17.7 Å². The number of fused-ring (bicyclic) bond motifs is 1. The summed E-state index contributed by atoms with van der Waals surface area (Å²) in [6.45, 7) is 2.28. The topological polar surface area (TPSA) is 83.5 Å². The minimum absolute atomic E-state index is 0.00794. The highest BCUT2D eigenvalue weighted by Crippen LogP contribution is 2.40. The van der Waals surface area contributed by atoms with Crippen LogP contribution in [-0.2, 0) is 11.2 Å². The molecule has 0 amide bonds. The number of benzene rings is 2. The largest absolute Gasteiger partial charge is 0.573 e. The standard InChI is InChI=1S/C21H20ClF3O7/c1-2-20(32-19(26)27)12-13-4-5-14(11-18(13)31-20)28-8-3-9-29-17-7-6-15(10-16(17)22)30-21(23,24)25/h4-7,10-11H,2-3,8-9,12H2,1H3,(H,26,27). The molecular formula is C21H20ClF3O7. The fraction of sp³-hybridized carbons (Fsp3) is 0.381. The average molecular weight is 477 g/mol. The maximum atomic E-state index is 12.2. The molecule has 174 valence electrons. The molecule has 0 radical (unpaired) electrons. The Hall–Kier alpha value is -3.01. The van der Waals surface area contributed by atoms with Gasteiger partial charge in [-0.25, -0.2) is 4.79 Å². The normalized spacial score (nSPS) is 17.3. The predicted molar refractivity (Wildman–Crippen MR) is 107 cm³/mol. The molecule has 11 heteroatoms. The summed E-state index contributed by atoms with van der Waals surface area (Å²) in [5, 5.41) is 8.92. The molecule has 1 aliphatic rings. The number of carbonyl (C=O) groups is 1. The van der Waals surface area contributed by atoms with Gasteiger partial charge in [-0.05, 0) is 18.2 Å². The molecular weight excluding hydrogens is 457 g/mol. The molecule has 0 spiro atoms. The van der Waals surface area contributed by atoms with E-state index >= 15 is 0 Å². The van der Waals surface area contributed by atoms with Crippen LogP contribution < -0.4 is 18.9 Å². The first-order valence-electron chi connectivity index (χ1n) is 9.64. The molecule has 0 fully saturated rings. The quantitative estimate of drug-likeness (QED) is 0.360. The zero-order valence-corrected chi connectivity index (χ0v) is 17.7. The van der Waals surface area contributed by atoms with Crippen molar-refractivity contribution in [1.82, 2.24) is 0 Å². The first kappa shape index (κ1) is 23.6. The minimum Gasteiger partial charge on any atom is -0.493 e. The monoisotopic (exact) mass is 476 g/mol. The Labute approximate surface area is 186 Å². The van der Waals surface area contributed by atoms with Crippen LogP contribution in [0.3, 0.4) is 0 Å². The van der Waals surface area contributed by atoms with Crippen molar-refractivity contribution in [2.75, 3.05) is 13.2 Å². The van der Waals surface area contributed by atoms with E-state index in [2.05, 4.69) is 4.74 Å². The number of rotatable bonds is 9. The number of halogens is 4. The van der Waals surface area contributed by atoms with Crippen LogP contribution in [0.5, 0.6) is 23.0 Å². The van der Waals surface area contributed by atoms with E-state index in [1.54, 1.807) is 25.1 Å². The smallest absolute Gasteiger partial charge is 0.493 e. The van der Waals surface area contributed by atoms with Crippen molar-refractivity contribution in [2.45, 2.75) is 38.3 Å². The van der Waals surface area contributed by atoms with Gasteiger partial charge in [0.15, 0.2) is 0 Å². The lowest BCUT2D eigenvalue weighted by Crippen LogP contribution is -2.38. The number of alkyl halides is 3. The molecule has 2 aromatic rings. The summed E-state index contributed by atoms with van der Waals surface area (Å²) < 4.78 is 62.3. The molecule has 0 bridgehead atoms. The lowest BCUT2D eigenvalue weighted by Gasteiger charge is -2.25. The van der Waals surface area contributed by atoms with Gasteiger partial charge in [-0.15, -0.1) is 13.2 Å². The van der Waals surface area contributed by atoms with Crippen molar-refractivity contribution in [1.29, 1.82) is 0 Å². The lowest BCUT2D eigenvalue weighted by molar-refractivity contribution is -0.274. The Morgan fingerprint density at radius 3 is 2.53 bits per heavy atom. The molecule has 0 saturated carbocycles. The van der Waals surface area contributed by atoms with Crippen LogP contribution in [0.4, 0.5) is 18.0 Å². The van der Waals surface area contributed by atoms with E-state index in [0.29, 0.717) is 30.8 Å². The third kappa shape index (κ3) is 6.25. The third-order valence-corrected chi connectivity index (χ3v) is 4.85. The van der Waals surface area contributed by atoms with E-state index in [9.17, 15) is 18.0 Å². The van der Waals surface area contributed by atoms with E-state index in [1.165, 1.54) is 6.07 Å². The van der Waals surface area contributed by atoms with E-state index < -0.39 is 24.1 Å². The summed E-state index contributed by atoms with van der Waals surface area (Å²) in [6.07, 6.45) is -5.07. The minimum atomic E-state index is -4.80. The first-order valence-corrected chi connectivity index (χ1v) is 10.0. The Kier molecular flexibility index (Phi) is 7.12. The van der Waals surface area contributed by atoms with Crippen molar-refractivity contribution in [2.24, 2.45) is 0 Å². The Balaban J connectivity index is 1.46. The van der Waals surface area contributed by atoms with Crippen molar-refractivity contribution < 1.29 is 46.8 Å². The van der Waals surface area contributed by atoms with Gasteiger partial charge in [0.05, 0.1) is 24.7 Å². The van der Waals surface area contributed by atoms with Crippen molar-refractivity contribution in [3.63, 3.8) is 0 Å². The van der Waals surface area contributed by atoms with Gasteiger partial charge in [-0.2, -0.15) is 0 Å². The molecule has 1 aliphatic heterocycles. The van der Waals surface area contributed by atoms with Gasteiger partial charge in [-0.1, -0.05) is 24.6 Å². The van der Waals surface area contributed by atoms with Gasteiger partial charge in [0.2, 0.25) is 0 Å². The summed E-state index contributed by atoms with van der Waals surface area (Å²) in [5.41, 5.74) is 0.816. The summed E-state index contributed by atoms with van der Waals surface area (Å²) in [6, 6.07) is 8.62.